The van der Waals surface area contributed by atoms with E-state index in [0.29, 0.717) is 0 Å². The van der Waals surface area contributed by atoms with Gasteiger partial charge in [-0.3, -0.25) is 0 Å². The van der Waals surface area contributed by atoms with Crippen molar-refractivity contribution in [3.8, 4) is 0 Å². The minimum absolute atomic E-state index is 0. The summed E-state index contributed by atoms with van der Waals surface area (Å²) < 4.78 is 6.70. The second kappa shape index (κ2) is 6.97. The van der Waals surface area contributed by atoms with Crippen LogP contribution in [0.4, 0.5) is 0 Å². The van der Waals surface area contributed by atoms with Crippen LogP contribution in [0.2, 0.25) is 0 Å². The molecule has 2 fully saturated rings. The average molecular weight is 292 g/mol. The molecule has 1 heterocycles. The molecular weight excluding hydrogens is 266 g/mol. The van der Waals surface area contributed by atoms with E-state index in [9.17, 15) is 0 Å². The van der Waals surface area contributed by atoms with E-state index in [2.05, 4.69) is 7.05 Å². The lowest BCUT2D eigenvalue weighted by molar-refractivity contribution is -0.917. The van der Waals surface area contributed by atoms with Gasteiger partial charge in [0.2, 0.25) is 0 Å². The summed E-state index contributed by atoms with van der Waals surface area (Å²) in [6.45, 7) is 5.79. The van der Waals surface area contributed by atoms with E-state index in [1.807, 2.05) is 0 Å². The molecule has 0 spiro atoms. The Morgan fingerprint density at radius 2 is 1.69 bits per heavy atom. The molecule has 1 aliphatic carbocycles. The molecule has 16 heavy (non-hydrogen) atoms. The molecule has 1 aliphatic heterocycles. The lowest BCUT2D eigenvalue weighted by Gasteiger charge is -2.38. The van der Waals surface area contributed by atoms with Crippen molar-refractivity contribution < 1.29 is 26.2 Å². The Balaban J connectivity index is 0.00000128. The molecule has 0 aromatic rings. The molecule has 0 radical (unpaired) electrons. The van der Waals surface area contributed by atoms with Gasteiger partial charge in [0.25, 0.3) is 0 Å². The van der Waals surface area contributed by atoms with Gasteiger partial charge in [-0.1, -0.05) is 32.1 Å². The Morgan fingerprint density at radius 3 is 2.31 bits per heavy atom. The summed E-state index contributed by atoms with van der Waals surface area (Å²) in [5.74, 6) is 1.04. The minimum atomic E-state index is 0. The first-order valence-corrected chi connectivity index (χ1v) is 6.70. The first-order chi connectivity index (χ1) is 7.29. The number of nitrogens with zero attached hydrogens (tertiary/aromatic N) is 1. The molecule has 0 amide bonds. The van der Waals surface area contributed by atoms with Crippen LogP contribution in [0.25, 0.3) is 0 Å². The minimum Gasteiger partial charge on any atom is -1.00 e. The second-order valence-corrected chi connectivity index (χ2v) is 5.70. The van der Waals surface area contributed by atoms with Crippen LogP contribution in [-0.4, -0.2) is 44.4 Å². The van der Waals surface area contributed by atoms with Gasteiger partial charge in [0.05, 0.1) is 26.8 Å². The van der Waals surface area contributed by atoms with Crippen molar-refractivity contribution in [3.63, 3.8) is 0 Å². The van der Waals surface area contributed by atoms with Crippen molar-refractivity contribution in [1.82, 2.24) is 0 Å². The number of morpholine rings is 1. The lowest BCUT2D eigenvalue weighted by Crippen LogP contribution is -3.00. The molecule has 1 saturated carbocycles. The maximum Gasteiger partial charge on any atom is 0.102 e. The van der Waals surface area contributed by atoms with E-state index in [1.54, 1.807) is 0 Å². The normalized spacial score (nSPS) is 26.1. The highest BCUT2D eigenvalue weighted by Crippen LogP contribution is 2.27. The maximum atomic E-state index is 5.44. The smallest absolute Gasteiger partial charge is 0.102 e. The van der Waals surface area contributed by atoms with Crippen molar-refractivity contribution >= 4 is 0 Å². The number of hydrogen-bond acceptors (Lipinski definition) is 1. The number of likely N-dealkylation sites (N-methyl/N-ethyl adjacent to an activating group) is 1. The van der Waals surface area contributed by atoms with Gasteiger partial charge in [0.15, 0.2) is 0 Å². The van der Waals surface area contributed by atoms with Crippen molar-refractivity contribution in [2.45, 2.75) is 38.5 Å². The highest BCUT2D eigenvalue weighted by Gasteiger charge is 2.26. The Bertz CT molecular complexity index is 186. The molecule has 0 aromatic carbocycles. The first kappa shape index (κ1) is 14.5. The van der Waals surface area contributed by atoms with Crippen LogP contribution in [0.1, 0.15) is 38.5 Å². The molecule has 0 aromatic heterocycles. The molecular formula is C13H26BrNO. The van der Waals surface area contributed by atoms with Crippen LogP contribution in [0, 0.1) is 5.92 Å². The fraction of sp³-hybridized carbons (Fsp3) is 1.00. The third-order valence-corrected chi connectivity index (χ3v) is 4.35. The van der Waals surface area contributed by atoms with E-state index < -0.39 is 0 Å². The van der Waals surface area contributed by atoms with E-state index >= 15 is 0 Å². The molecule has 0 unspecified atom stereocenters. The van der Waals surface area contributed by atoms with Gasteiger partial charge in [-0.2, -0.15) is 0 Å². The molecule has 0 atom stereocenters. The Labute approximate surface area is 111 Å². The highest BCUT2D eigenvalue weighted by atomic mass is 79.9. The van der Waals surface area contributed by atoms with Crippen LogP contribution in [0.15, 0.2) is 0 Å². The van der Waals surface area contributed by atoms with Crippen LogP contribution >= 0.6 is 0 Å². The maximum absolute atomic E-state index is 5.44. The number of halogens is 1. The zero-order chi connectivity index (χ0) is 10.6. The standard InChI is InChI=1S/C13H26NO.BrH/c1-14(9-11-15-12-10-14)8-7-13-5-3-2-4-6-13;/h13H,2-12H2,1H3;1H/q+1;/p-1. The molecule has 2 nitrogen and oxygen atoms in total. The van der Waals surface area contributed by atoms with Crippen LogP contribution in [-0.2, 0) is 4.74 Å². The summed E-state index contributed by atoms with van der Waals surface area (Å²) in [5.41, 5.74) is 0. The number of rotatable bonds is 3. The molecule has 3 heteroatoms. The third kappa shape index (κ3) is 4.34. The summed E-state index contributed by atoms with van der Waals surface area (Å²) in [6.07, 6.45) is 8.90. The van der Waals surface area contributed by atoms with E-state index in [1.165, 1.54) is 62.6 Å². The highest BCUT2D eigenvalue weighted by molar-refractivity contribution is 4.65. The quantitative estimate of drug-likeness (QED) is 0.634. The van der Waals surface area contributed by atoms with Crippen LogP contribution in [0.3, 0.4) is 0 Å². The fourth-order valence-corrected chi connectivity index (χ4v) is 2.98. The fourth-order valence-electron chi connectivity index (χ4n) is 2.98. The van der Waals surface area contributed by atoms with Crippen molar-refractivity contribution in [1.29, 1.82) is 0 Å². The predicted octanol–water partition coefficient (Wildman–Crippen LogP) is -0.562. The molecule has 0 N–H and O–H groups in total. The van der Waals surface area contributed by atoms with Gasteiger partial charge in [0, 0.05) is 0 Å². The first-order valence-electron chi connectivity index (χ1n) is 6.70. The van der Waals surface area contributed by atoms with Gasteiger partial charge < -0.3 is 26.2 Å². The van der Waals surface area contributed by atoms with Gasteiger partial charge >= 0.3 is 0 Å². The lowest BCUT2D eigenvalue weighted by atomic mass is 9.87. The van der Waals surface area contributed by atoms with Gasteiger partial charge in [-0.25, -0.2) is 0 Å². The van der Waals surface area contributed by atoms with E-state index in [4.69, 9.17) is 4.74 Å². The zero-order valence-electron chi connectivity index (χ0n) is 10.6. The van der Waals surface area contributed by atoms with Gasteiger partial charge in [-0.05, 0) is 12.3 Å². The summed E-state index contributed by atoms with van der Waals surface area (Å²) >= 11 is 0. The SMILES string of the molecule is C[N+]1(CCC2CCCCC2)CCOCC1.[Br-]. The number of hydrogen-bond donors (Lipinski definition) is 0. The second-order valence-electron chi connectivity index (χ2n) is 5.70. The Morgan fingerprint density at radius 1 is 1.06 bits per heavy atom. The van der Waals surface area contributed by atoms with Crippen molar-refractivity contribution in [2.24, 2.45) is 5.92 Å². The van der Waals surface area contributed by atoms with E-state index in [0.717, 1.165) is 19.1 Å². The summed E-state index contributed by atoms with van der Waals surface area (Å²) in [7, 11) is 2.41. The monoisotopic (exact) mass is 291 g/mol. The molecule has 1 saturated heterocycles. The summed E-state index contributed by atoms with van der Waals surface area (Å²) in [6, 6.07) is 0. The molecule has 2 rings (SSSR count). The summed E-state index contributed by atoms with van der Waals surface area (Å²) in [5, 5.41) is 0. The average Bonchev–Trinajstić information content (AvgIpc) is 2.29. The third-order valence-electron chi connectivity index (χ3n) is 4.35. The van der Waals surface area contributed by atoms with Crippen molar-refractivity contribution in [2.75, 3.05) is 39.9 Å². The summed E-state index contributed by atoms with van der Waals surface area (Å²) in [4.78, 5) is 0. The van der Waals surface area contributed by atoms with Crippen LogP contribution in [0.5, 0.6) is 0 Å². The van der Waals surface area contributed by atoms with Crippen molar-refractivity contribution in [3.05, 3.63) is 0 Å². The predicted molar refractivity (Wildman–Crippen MR) is 62.8 cm³/mol. The van der Waals surface area contributed by atoms with Gasteiger partial charge in [-0.15, -0.1) is 0 Å². The largest absolute Gasteiger partial charge is 1.00 e. The molecule has 2 aliphatic rings. The zero-order valence-corrected chi connectivity index (χ0v) is 12.2. The number of quaternary nitrogens is 1. The molecule has 0 bridgehead atoms. The topological polar surface area (TPSA) is 9.23 Å². The molecule has 96 valence electrons. The Kier molecular flexibility index (Phi) is 6.30. The van der Waals surface area contributed by atoms with E-state index in [-0.39, 0.29) is 17.0 Å². The van der Waals surface area contributed by atoms with Gasteiger partial charge in [0.1, 0.15) is 13.1 Å². The Hall–Kier alpha value is 0.400. The van der Waals surface area contributed by atoms with Crippen LogP contribution < -0.4 is 17.0 Å². The number of ether oxygens (including phenoxy) is 1.